The molecule has 0 heterocycles. The lowest BCUT2D eigenvalue weighted by Crippen LogP contribution is -2.33. The van der Waals surface area contributed by atoms with E-state index in [1.54, 1.807) is 0 Å². The highest BCUT2D eigenvalue weighted by molar-refractivity contribution is 9.10. The summed E-state index contributed by atoms with van der Waals surface area (Å²) in [6, 6.07) is 6.24. The quantitative estimate of drug-likeness (QED) is 0.747. The van der Waals surface area contributed by atoms with Crippen molar-refractivity contribution in [3.05, 3.63) is 28.2 Å². The van der Waals surface area contributed by atoms with Gasteiger partial charge in [-0.15, -0.1) is 0 Å². The maximum Gasteiger partial charge on any atom is 0.407 e. The Labute approximate surface area is 152 Å². The van der Waals surface area contributed by atoms with Crippen LogP contribution in [0.2, 0.25) is 0 Å². The summed E-state index contributed by atoms with van der Waals surface area (Å²) in [5.41, 5.74) is 0.794. The molecule has 5 heteroatoms. The molecule has 2 atom stereocenters. The maximum absolute atomic E-state index is 11.8. The van der Waals surface area contributed by atoms with Crippen LogP contribution in [0, 0.1) is 11.8 Å². The van der Waals surface area contributed by atoms with Crippen LogP contribution in [-0.2, 0) is 4.74 Å². The van der Waals surface area contributed by atoms with Gasteiger partial charge in [-0.3, -0.25) is 0 Å². The van der Waals surface area contributed by atoms with Crippen molar-refractivity contribution in [2.24, 2.45) is 11.8 Å². The molecule has 2 aliphatic carbocycles. The van der Waals surface area contributed by atoms with Gasteiger partial charge in [-0.25, -0.2) is 4.79 Å². The van der Waals surface area contributed by atoms with Crippen molar-refractivity contribution in [1.29, 1.82) is 0 Å². The van der Waals surface area contributed by atoms with Crippen molar-refractivity contribution in [3.63, 3.8) is 0 Å². The summed E-state index contributed by atoms with van der Waals surface area (Å²) < 4.78 is 12.4. The van der Waals surface area contributed by atoms with Gasteiger partial charge in [-0.1, -0.05) is 15.9 Å². The van der Waals surface area contributed by atoms with Crippen LogP contribution in [0.3, 0.4) is 0 Å². The normalized spacial score (nSPS) is 22.8. The number of halogens is 1. The van der Waals surface area contributed by atoms with Crippen LogP contribution in [0.4, 0.5) is 4.79 Å². The molecule has 1 N–H and O–H groups in total. The predicted molar refractivity (Wildman–Crippen MR) is 97.4 cm³/mol. The molecule has 2 aliphatic rings. The summed E-state index contributed by atoms with van der Waals surface area (Å²) in [4.78, 5) is 11.8. The van der Waals surface area contributed by atoms with Crippen LogP contribution in [-0.4, -0.2) is 24.8 Å². The van der Waals surface area contributed by atoms with E-state index >= 15 is 0 Å². The molecular formula is C19H26BrNO3. The van der Waals surface area contributed by atoms with Crippen LogP contribution in [0.15, 0.2) is 22.7 Å². The molecule has 0 aromatic heterocycles. The fraction of sp³-hybridized carbons (Fsp3) is 0.632. The summed E-state index contributed by atoms with van der Waals surface area (Å²) in [6.45, 7) is 7.09. The number of amides is 1. The van der Waals surface area contributed by atoms with Gasteiger partial charge >= 0.3 is 6.09 Å². The molecule has 1 aromatic carbocycles. The minimum atomic E-state index is -0.457. The number of alkyl carbamates (subject to hydrolysis) is 1. The molecule has 0 radical (unpaired) electrons. The van der Waals surface area contributed by atoms with Crippen LogP contribution in [0.25, 0.3) is 0 Å². The van der Waals surface area contributed by atoms with Crippen LogP contribution < -0.4 is 10.1 Å². The fourth-order valence-electron chi connectivity index (χ4n) is 2.82. The highest BCUT2D eigenvalue weighted by Gasteiger charge is 2.40. The molecule has 0 aliphatic heterocycles. The number of hydrogen-bond donors (Lipinski definition) is 1. The van der Waals surface area contributed by atoms with E-state index in [0.29, 0.717) is 18.4 Å². The highest BCUT2D eigenvalue weighted by Crippen LogP contribution is 2.50. The van der Waals surface area contributed by atoms with Gasteiger partial charge in [0.05, 0.1) is 6.61 Å². The minimum Gasteiger partial charge on any atom is -0.493 e. The van der Waals surface area contributed by atoms with Crippen LogP contribution in [0.5, 0.6) is 5.75 Å². The van der Waals surface area contributed by atoms with Gasteiger partial charge in [-0.2, -0.15) is 0 Å². The number of carbonyl (C=O) groups excluding carboxylic acids is 1. The molecule has 3 rings (SSSR count). The van der Waals surface area contributed by atoms with E-state index in [2.05, 4.69) is 33.4 Å². The van der Waals surface area contributed by atoms with E-state index in [4.69, 9.17) is 9.47 Å². The first-order valence-electron chi connectivity index (χ1n) is 8.71. The Balaban J connectivity index is 1.54. The fourth-order valence-corrected chi connectivity index (χ4v) is 3.19. The molecule has 4 nitrogen and oxygen atoms in total. The van der Waals surface area contributed by atoms with E-state index in [1.807, 2.05) is 26.8 Å². The average molecular weight is 396 g/mol. The third-order valence-corrected chi connectivity index (χ3v) is 4.87. The number of hydrogen-bond acceptors (Lipinski definition) is 3. The van der Waals surface area contributed by atoms with Gasteiger partial charge in [0.1, 0.15) is 11.4 Å². The molecule has 132 valence electrons. The Hall–Kier alpha value is -1.23. The summed E-state index contributed by atoms with van der Waals surface area (Å²) in [7, 11) is 0. The molecule has 1 aromatic rings. The predicted octanol–water partition coefficient (Wildman–Crippen LogP) is 4.87. The lowest BCUT2D eigenvalue weighted by Gasteiger charge is -2.19. The summed E-state index contributed by atoms with van der Waals surface area (Å²) >= 11 is 3.55. The maximum atomic E-state index is 11.8. The molecule has 0 bridgehead atoms. The summed E-state index contributed by atoms with van der Waals surface area (Å²) in [6.07, 6.45) is 3.31. The zero-order valence-corrected chi connectivity index (χ0v) is 16.2. The van der Waals surface area contributed by atoms with Crippen molar-refractivity contribution in [3.8, 4) is 5.75 Å². The van der Waals surface area contributed by atoms with Crippen molar-refractivity contribution in [2.45, 2.75) is 51.6 Å². The van der Waals surface area contributed by atoms with Crippen LogP contribution >= 0.6 is 15.9 Å². The molecule has 2 saturated carbocycles. The molecular weight excluding hydrogens is 370 g/mol. The first-order chi connectivity index (χ1) is 11.3. The van der Waals surface area contributed by atoms with E-state index in [-0.39, 0.29) is 6.09 Å². The average Bonchev–Trinajstić information content (AvgIpc) is 3.36. The Morgan fingerprint density at radius 2 is 2.08 bits per heavy atom. The second kappa shape index (κ2) is 6.95. The zero-order chi connectivity index (χ0) is 17.3. The molecule has 2 unspecified atom stereocenters. The third kappa shape index (κ3) is 5.13. The lowest BCUT2D eigenvalue weighted by molar-refractivity contribution is 0.0525. The molecule has 1 amide bonds. The van der Waals surface area contributed by atoms with E-state index in [1.165, 1.54) is 18.4 Å². The van der Waals surface area contributed by atoms with Crippen molar-refractivity contribution in [1.82, 2.24) is 5.32 Å². The van der Waals surface area contributed by atoms with Gasteiger partial charge in [0.25, 0.3) is 0 Å². The number of carbonyl (C=O) groups is 1. The number of benzene rings is 1. The Morgan fingerprint density at radius 1 is 1.33 bits per heavy atom. The first-order valence-corrected chi connectivity index (χ1v) is 9.50. The van der Waals surface area contributed by atoms with Crippen molar-refractivity contribution in [2.75, 3.05) is 13.2 Å². The number of nitrogens with one attached hydrogen (secondary N) is 1. The largest absolute Gasteiger partial charge is 0.493 e. The van der Waals surface area contributed by atoms with E-state index in [9.17, 15) is 4.79 Å². The molecule has 0 spiro atoms. The Kier molecular flexibility index (Phi) is 5.09. The van der Waals surface area contributed by atoms with Crippen LogP contribution in [0.1, 0.15) is 51.5 Å². The van der Waals surface area contributed by atoms with E-state index < -0.39 is 5.60 Å². The molecule has 24 heavy (non-hydrogen) atoms. The number of rotatable bonds is 6. The standard InChI is InChI=1S/C19H26BrNO3/c1-19(2,3)24-18(22)21-10-13-8-15(13)16-9-14(20)6-7-17(16)23-11-12-4-5-12/h6-7,9,12-13,15H,4-5,8,10-11H2,1-3H3,(H,21,22). The minimum absolute atomic E-state index is 0.340. The van der Waals surface area contributed by atoms with Gasteiger partial charge in [0.2, 0.25) is 0 Å². The Morgan fingerprint density at radius 3 is 2.75 bits per heavy atom. The monoisotopic (exact) mass is 395 g/mol. The molecule has 2 fully saturated rings. The summed E-state index contributed by atoms with van der Waals surface area (Å²) in [5.74, 6) is 2.64. The van der Waals surface area contributed by atoms with Gasteiger partial charge in [0.15, 0.2) is 0 Å². The second-order valence-electron chi connectivity index (χ2n) is 7.92. The second-order valence-corrected chi connectivity index (χ2v) is 8.84. The summed E-state index contributed by atoms with van der Waals surface area (Å²) in [5, 5.41) is 2.88. The SMILES string of the molecule is CC(C)(C)OC(=O)NCC1CC1c1cc(Br)ccc1OCC1CC1. The van der Waals surface area contributed by atoms with Gasteiger partial charge in [0, 0.05) is 11.0 Å². The Bertz CT molecular complexity index is 607. The van der Waals surface area contributed by atoms with Crippen molar-refractivity contribution >= 4 is 22.0 Å². The third-order valence-electron chi connectivity index (χ3n) is 4.37. The van der Waals surface area contributed by atoms with Gasteiger partial charge in [-0.05, 0) is 81.5 Å². The molecule has 0 saturated heterocycles. The zero-order valence-electron chi connectivity index (χ0n) is 14.6. The van der Waals surface area contributed by atoms with Gasteiger partial charge < -0.3 is 14.8 Å². The van der Waals surface area contributed by atoms with E-state index in [0.717, 1.165) is 29.2 Å². The topological polar surface area (TPSA) is 47.6 Å². The van der Waals surface area contributed by atoms with Crippen molar-refractivity contribution < 1.29 is 14.3 Å². The first kappa shape index (κ1) is 17.6. The smallest absolute Gasteiger partial charge is 0.407 e. The highest BCUT2D eigenvalue weighted by atomic mass is 79.9. The number of ether oxygens (including phenoxy) is 2. The lowest BCUT2D eigenvalue weighted by atomic mass is 10.1.